The monoisotopic (exact) mass is 173 g/mol. The molecule has 1 N–H and O–H groups in total. The molecule has 1 heteroatoms. The Kier molecular flexibility index (Phi) is 4.65. The number of hydrogen-bond acceptors (Lipinski definition) is 1. The quantitative estimate of drug-likeness (QED) is 0.724. The minimum Gasteiger partial charge on any atom is -0.316 e. The highest BCUT2D eigenvalue weighted by atomic mass is 14.8. The van der Waals surface area contributed by atoms with Crippen molar-refractivity contribution in [3.05, 3.63) is 60.2 Å². The van der Waals surface area contributed by atoms with Crippen LogP contribution < -0.4 is 5.32 Å². The van der Waals surface area contributed by atoms with Gasteiger partial charge in [-0.05, 0) is 12.6 Å². The Bertz CT molecular complexity index is 268. The van der Waals surface area contributed by atoms with Crippen molar-refractivity contribution in [1.82, 2.24) is 5.32 Å². The van der Waals surface area contributed by atoms with Gasteiger partial charge >= 0.3 is 0 Å². The second kappa shape index (κ2) is 6.21. The molecule has 0 saturated carbocycles. The fraction of sp³-hybridized carbons (Fsp3) is 0.167. The first-order valence-electron chi connectivity index (χ1n) is 4.45. The van der Waals surface area contributed by atoms with Gasteiger partial charge in [0.1, 0.15) is 0 Å². The molecule has 1 aromatic rings. The van der Waals surface area contributed by atoms with Gasteiger partial charge in [-0.25, -0.2) is 0 Å². The van der Waals surface area contributed by atoms with E-state index in [2.05, 4.69) is 17.4 Å². The van der Waals surface area contributed by atoms with Crippen LogP contribution in [0.3, 0.4) is 0 Å². The Balaban J connectivity index is 2.97. The van der Waals surface area contributed by atoms with E-state index in [0.29, 0.717) is 0 Å². The van der Waals surface area contributed by atoms with Gasteiger partial charge in [0.25, 0.3) is 0 Å². The summed E-state index contributed by atoms with van der Waals surface area (Å²) in [5.74, 6) is 0. The maximum absolute atomic E-state index is 3.13. The van der Waals surface area contributed by atoms with Gasteiger partial charge in [-0.15, -0.1) is 0 Å². The summed E-state index contributed by atoms with van der Waals surface area (Å²) >= 11 is 0. The second-order valence-electron chi connectivity index (χ2n) is 2.79. The van der Waals surface area contributed by atoms with E-state index in [-0.39, 0.29) is 0 Å². The van der Waals surface area contributed by atoms with Crippen LogP contribution >= 0.6 is 0 Å². The summed E-state index contributed by atoms with van der Waals surface area (Å²) in [4.78, 5) is 0. The van der Waals surface area contributed by atoms with Gasteiger partial charge in [-0.3, -0.25) is 0 Å². The lowest BCUT2D eigenvalue weighted by Crippen LogP contribution is -2.03. The van der Waals surface area contributed by atoms with Crippen LogP contribution in [0.4, 0.5) is 0 Å². The van der Waals surface area contributed by atoms with Crippen LogP contribution in [0.5, 0.6) is 0 Å². The third-order valence-corrected chi connectivity index (χ3v) is 1.67. The van der Waals surface area contributed by atoms with Gasteiger partial charge in [0.2, 0.25) is 0 Å². The van der Waals surface area contributed by atoms with Crippen molar-refractivity contribution in [2.24, 2.45) is 0 Å². The minimum absolute atomic E-state index is 0.901. The molecule has 0 bridgehead atoms. The van der Waals surface area contributed by atoms with Crippen LogP contribution in [0, 0.1) is 0 Å². The van der Waals surface area contributed by atoms with E-state index in [1.54, 1.807) is 0 Å². The zero-order valence-corrected chi connectivity index (χ0v) is 7.90. The van der Waals surface area contributed by atoms with Crippen LogP contribution in [0.15, 0.2) is 54.6 Å². The molecule has 0 amide bonds. The highest BCUT2D eigenvalue weighted by molar-refractivity contribution is 5.11. The molecule has 0 aliphatic rings. The summed E-state index contributed by atoms with van der Waals surface area (Å²) in [6, 6.07) is 18.4. The predicted molar refractivity (Wildman–Crippen MR) is 56.8 cm³/mol. The summed E-state index contributed by atoms with van der Waals surface area (Å²) < 4.78 is 0. The van der Waals surface area contributed by atoms with E-state index in [1.165, 1.54) is 5.56 Å². The summed E-state index contributed by atoms with van der Waals surface area (Å²) in [6.45, 7) is 0.901. The van der Waals surface area contributed by atoms with Crippen LogP contribution in [0.25, 0.3) is 0 Å². The molecule has 0 spiro atoms. The van der Waals surface area contributed by atoms with Gasteiger partial charge in [0.15, 0.2) is 0 Å². The molecule has 68 valence electrons. The molecule has 1 rings (SSSR count). The maximum atomic E-state index is 3.13. The molecule has 0 unspecified atom stereocenters. The highest BCUT2D eigenvalue weighted by Crippen LogP contribution is 1.93. The number of rotatable bonds is 2. The second-order valence-corrected chi connectivity index (χ2v) is 2.79. The van der Waals surface area contributed by atoms with Crippen molar-refractivity contribution < 1.29 is 0 Å². The Morgan fingerprint density at radius 3 is 1.77 bits per heavy atom. The first kappa shape index (κ1) is 9.75. The van der Waals surface area contributed by atoms with E-state index in [9.17, 15) is 0 Å². The molecular weight excluding hydrogens is 158 g/mol. The lowest BCUT2D eigenvalue weighted by Gasteiger charge is -1.94. The van der Waals surface area contributed by atoms with Gasteiger partial charge in [0.05, 0.1) is 0 Å². The highest BCUT2D eigenvalue weighted by Gasteiger charge is 1.81. The molecule has 0 saturated heterocycles. The zero-order chi connectivity index (χ0) is 9.36. The topological polar surface area (TPSA) is 12.0 Å². The van der Waals surface area contributed by atoms with E-state index in [0.717, 1.165) is 6.54 Å². The molecule has 0 heterocycles. The van der Waals surface area contributed by atoms with Gasteiger partial charge in [-0.2, -0.15) is 0 Å². The largest absolute Gasteiger partial charge is 0.316 e. The van der Waals surface area contributed by atoms with Crippen molar-refractivity contribution in [2.45, 2.75) is 6.54 Å². The summed E-state index contributed by atoms with van der Waals surface area (Å²) in [5.41, 5.74) is 1.28. The Morgan fingerprint density at radius 2 is 1.31 bits per heavy atom. The standard InChI is InChI=1S/C12H15N/c1-13-11-12-9-7-5-3-2-4-6-8-10-12/h2-10,13H,11H2,1H3. The average molecular weight is 173 g/mol. The number of nitrogens with one attached hydrogen (secondary N) is 1. The van der Waals surface area contributed by atoms with E-state index >= 15 is 0 Å². The van der Waals surface area contributed by atoms with E-state index < -0.39 is 0 Å². The molecular formula is C12H15N. The first-order valence-corrected chi connectivity index (χ1v) is 4.45. The summed E-state index contributed by atoms with van der Waals surface area (Å²) in [7, 11) is 1.95. The lowest BCUT2D eigenvalue weighted by atomic mass is 10.2. The molecule has 0 aliphatic carbocycles. The normalized spacial score (nSPS) is 9.00. The van der Waals surface area contributed by atoms with Crippen molar-refractivity contribution in [3.8, 4) is 0 Å². The molecule has 13 heavy (non-hydrogen) atoms. The third kappa shape index (κ3) is 4.28. The summed E-state index contributed by atoms with van der Waals surface area (Å²) in [5, 5.41) is 3.13. The Labute approximate surface area is 79.8 Å². The lowest BCUT2D eigenvalue weighted by molar-refractivity contribution is 0.818. The molecule has 0 aliphatic heterocycles. The fourth-order valence-corrected chi connectivity index (χ4v) is 1.06. The zero-order valence-electron chi connectivity index (χ0n) is 7.90. The fourth-order valence-electron chi connectivity index (χ4n) is 1.06. The molecule has 0 fully saturated rings. The SMILES string of the molecule is CNCc1ccccccccc1. The van der Waals surface area contributed by atoms with Crippen molar-refractivity contribution in [3.63, 3.8) is 0 Å². The van der Waals surface area contributed by atoms with E-state index in [4.69, 9.17) is 0 Å². The van der Waals surface area contributed by atoms with Crippen molar-refractivity contribution >= 4 is 0 Å². The van der Waals surface area contributed by atoms with Crippen LogP contribution in [0.1, 0.15) is 5.56 Å². The van der Waals surface area contributed by atoms with Crippen LogP contribution in [0.2, 0.25) is 0 Å². The Hall–Kier alpha value is -1.34. The molecule has 1 aromatic carbocycles. The van der Waals surface area contributed by atoms with Crippen LogP contribution in [-0.4, -0.2) is 7.05 Å². The van der Waals surface area contributed by atoms with Gasteiger partial charge in [-0.1, -0.05) is 54.6 Å². The maximum Gasteiger partial charge on any atom is 0.0202 e. The van der Waals surface area contributed by atoms with Gasteiger partial charge < -0.3 is 5.32 Å². The van der Waals surface area contributed by atoms with Crippen molar-refractivity contribution in [2.75, 3.05) is 7.05 Å². The predicted octanol–water partition coefficient (Wildman–Crippen LogP) is 2.53. The smallest absolute Gasteiger partial charge is 0.0202 e. The minimum atomic E-state index is 0.901. The molecule has 0 radical (unpaired) electrons. The molecule has 1 nitrogen and oxygen atoms in total. The molecule has 0 atom stereocenters. The van der Waals surface area contributed by atoms with Gasteiger partial charge in [0, 0.05) is 6.54 Å². The van der Waals surface area contributed by atoms with Crippen LogP contribution in [-0.2, 0) is 6.54 Å². The average Bonchev–Trinajstić information content (AvgIpc) is 2.16. The van der Waals surface area contributed by atoms with Crippen molar-refractivity contribution in [1.29, 1.82) is 0 Å². The number of hydrogen-bond donors (Lipinski definition) is 1. The first-order chi connectivity index (χ1) is 6.43. The third-order valence-electron chi connectivity index (χ3n) is 1.67. The Morgan fingerprint density at radius 1 is 0.846 bits per heavy atom. The summed E-state index contributed by atoms with van der Waals surface area (Å²) in [6.07, 6.45) is 0. The van der Waals surface area contributed by atoms with E-state index in [1.807, 2.05) is 49.5 Å². The molecule has 0 aromatic heterocycles.